The largest absolute Gasteiger partial charge is 0.495 e. The molecule has 24 heavy (non-hydrogen) atoms. The van der Waals surface area contributed by atoms with Crippen LogP contribution in [0.15, 0.2) is 29.2 Å². The van der Waals surface area contributed by atoms with Gasteiger partial charge in [0.05, 0.1) is 29.8 Å². The van der Waals surface area contributed by atoms with Crippen LogP contribution < -0.4 is 14.2 Å². The van der Waals surface area contributed by atoms with Crippen molar-refractivity contribution < 1.29 is 17.9 Å². The summed E-state index contributed by atoms with van der Waals surface area (Å²) in [6, 6.07) is 6.09. The number of benzene rings is 2. The summed E-state index contributed by atoms with van der Waals surface area (Å²) in [5.74, 6) is 0.679. The number of hydrogen-bond donors (Lipinski definition) is 1. The van der Waals surface area contributed by atoms with Crippen molar-refractivity contribution in [1.29, 1.82) is 0 Å². The topological polar surface area (TPSA) is 64.6 Å². The highest BCUT2D eigenvalue weighted by molar-refractivity contribution is 7.92. The Labute approximate surface area is 151 Å². The molecule has 0 aliphatic heterocycles. The van der Waals surface area contributed by atoms with Crippen LogP contribution in [0.2, 0.25) is 10.0 Å². The van der Waals surface area contributed by atoms with Crippen LogP contribution >= 0.6 is 23.2 Å². The van der Waals surface area contributed by atoms with Gasteiger partial charge in [-0.15, -0.1) is 0 Å². The molecule has 130 valence electrons. The van der Waals surface area contributed by atoms with Gasteiger partial charge in [-0.3, -0.25) is 4.72 Å². The predicted octanol–water partition coefficient (Wildman–Crippen LogP) is 4.43. The van der Waals surface area contributed by atoms with Crippen LogP contribution in [0, 0.1) is 13.8 Å². The van der Waals surface area contributed by atoms with Gasteiger partial charge < -0.3 is 9.47 Å². The third kappa shape index (κ3) is 3.71. The van der Waals surface area contributed by atoms with E-state index in [9.17, 15) is 8.42 Å². The Morgan fingerprint density at radius 1 is 0.875 bits per heavy atom. The standard InChI is InChI=1S/C16H17Cl2NO4S/c1-9-6-16(10(2)5-11(9)17)24(20,21)19-13-7-12(18)14(22-3)8-15(13)23-4/h5-8,19H,1-4H3. The fraction of sp³-hybridized carbons (Fsp3) is 0.250. The second-order valence-electron chi connectivity index (χ2n) is 5.16. The summed E-state index contributed by atoms with van der Waals surface area (Å²) < 4.78 is 38.3. The van der Waals surface area contributed by atoms with Crippen LogP contribution in [-0.2, 0) is 10.0 Å². The van der Waals surface area contributed by atoms with E-state index >= 15 is 0 Å². The summed E-state index contributed by atoms with van der Waals surface area (Å²) in [6.07, 6.45) is 0. The molecule has 0 spiro atoms. The Hall–Kier alpha value is -1.63. The summed E-state index contributed by atoms with van der Waals surface area (Å²) in [7, 11) is -0.949. The van der Waals surface area contributed by atoms with Gasteiger partial charge in [-0.1, -0.05) is 23.2 Å². The first-order valence-electron chi connectivity index (χ1n) is 6.90. The molecular formula is C16H17Cl2NO4S. The van der Waals surface area contributed by atoms with Crippen LogP contribution in [0.1, 0.15) is 11.1 Å². The Morgan fingerprint density at radius 2 is 1.50 bits per heavy atom. The lowest BCUT2D eigenvalue weighted by atomic mass is 10.2. The molecule has 0 bridgehead atoms. The smallest absolute Gasteiger partial charge is 0.262 e. The Bertz CT molecular complexity index is 882. The van der Waals surface area contributed by atoms with E-state index in [0.717, 1.165) is 0 Å². The number of methoxy groups -OCH3 is 2. The maximum absolute atomic E-state index is 12.7. The number of halogens is 2. The molecule has 2 rings (SSSR count). The summed E-state index contributed by atoms with van der Waals surface area (Å²) in [6.45, 7) is 3.42. The Balaban J connectivity index is 2.50. The van der Waals surface area contributed by atoms with Crippen molar-refractivity contribution in [3.63, 3.8) is 0 Å². The van der Waals surface area contributed by atoms with Gasteiger partial charge in [0.15, 0.2) is 0 Å². The van der Waals surface area contributed by atoms with Gasteiger partial charge in [0, 0.05) is 11.1 Å². The van der Waals surface area contributed by atoms with Crippen molar-refractivity contribution in [2.45, 2.75) is 18.7 Å². The minimum Gasteiger partial charge on any atom is -0.495 e. The van der Waals surface area contributed by atoms with Gasteiger partial charge in [0.25, 0.3) is 10.0 Å². The molecule has 8 heteroatoms. The van der Waals surface area contributed by atoms with Crippen LogP contribution in [0.4, 0.5) is 5.69 Å². The number of aryl methyl sites for hydroxylation is 2. The molecule has 0 fully saturated rings. The maximum atomic E-state index is 12.7. The van der Waals surface area contributed by atoms with Gasteiger partial charge in [0.1, 0.15) is 11.5 Å². The predicted molar refractivity (Wildman–Crippen MR) is 96.3 cm³/mol. The zero-order chi connectivity index (χ0) is 18.1. The van der Waals surface area contributed by atoms with Crippen molar-refractivity contribution in [3.8, 4) is 11.5 Å². The third-order valence-corrected chi connectivity index (χ3v) is 5.67. The number of sulfonamides is 1. The number of nitrogens with one attached hydrogen (secondary N) is 1. The first kappa shape index (κ1) is 18.7. The Kier molecular flexibility index (Phi) is 5.52. The van der Waals surface area contributed by atoms with E-state index in [1.807, 2.05) is 0 Å². The second-order valence-corrected chi connectivity index (χ2v) is 7.62. The zero-order valence-corrected chi connectivity index (χ0v) is 15.9. The molecule has 0 aliphatic carbocycles. The average molecular weight is 390 g/mol. The van der Waals surface area contributed by atoms with Gasteiger partial charge in [-0.2, -0.15) is 0 Å². The first-order chi connectivity index (χ1) is 11.2. The lowest BCUT2D eigenvalue weighted by Crippen LogP contribution is -2.15. The van der Waals surface area contributed by atoms with Gasteiger partial charge in [-0.25, -0.2) is 8.42 Å². The maximum Gasteiger partial charge on any atom is 0.262 e. The molecule has 0 aromatic heterocycles. The monoisotopic (exact) mass is 389 g/mol. The van der Waals surface area contributed by atoms with Crippen LogP contribution in [-0.4, -0.2) is 22.6 Å². The summed E-state index contributed by atoms with van der Waals surface area (Å²) in [4.78, 5) is 0.137. The van der Waals surface area contributed by atoms with E-state index in [1.165, 1.54) is 32.4 Å². The number of anilines is 1. The summed E-state index contributed by atoms with van der Waals surface area (Å²) in [5, 5.41) is 0.775. The van der Waals surface area contributed by atoms with Gasteiger partial charge in [-0.05, 0) is 43.2 Å². The quantitative estimate of drug-likeness (QED) is 0.821. The fourth-order valence-corrected chi connectivity index (χ4v) is 4.02. The van der Waals surface area contributed by atoms with Crippen LogP contribution in [0.3, 0.4) is 0 Å². The lowest BCUT2D eigenvalue weighted by Gasteiger charge is -2.16. The second kappa shape index (κ2) is 7.09. The van der Waals surface area contributed by atoms with Crippen molar-refractivity contribution in [2.24, 2.45) is 0 Å². The highest BCUT2D eigenvalue weighted by atomic mass is 35.5. The molecule has 0 unspecified atom stereocenters. The molecular weight excluding hydrogens is 373 g/mol. The van der Waals surface area contributed by atoms with Crippen LogP contribution in [0.25, 0.3) is 0 Å². The minimum absolute atomic E-state index is 0.137. The van der Waals surface area contributed by atoms with Gasteiger partial charge in [0.2, 0.25) is 0 Å². The fourth-order valence-electron chi connectivity index (χ4n) is 2.18. The van der Waals surface area contributed by atoms with E-state index in [-0.39, 0.29) is 15.6 Å². The zero-order valence-electron chi connectivity index (χ0n) is 13.6. The van der Waals surface area contributed by atoms with E-state index in [0.29, 0.717) is 27.6 Å². The summed E-state index contributed by atoms with van der Waals surface area (Å²) in [5.41, 5.74) is 1.43. The summed E-state index contributed by atoms with van der Waals surface area (Å²) >= 11 is 12.1. The van der Waals surface area contributed by atoms with Crippen LogP contribution in [0.5, 0.6) is 11.5 Å². The molecule has 0 saturated heterocycles. The molecule has 1 N–H and O–H groups in total. The minimum atomic E-state index is -3.84. The highest BCUT2D eigenvalue weighted by Crippen LogP contribution is 2.37. The molecule has 0 saturated carbocycles. The molecule has 0 heterocycles. The molecule has 2 aromatic rings. The van der Waals surface area contributed by atoms with Crippen molar-refractivity contribution in [1.82, 2.24) is 0 Å². The van der Waals surface area contributed by atoms with E-state index < -0.39 is 10.0 Å². The average Bonchev–Trinajstić information content (AvgIpc) is 2.50. The number of hydrogen-bond acceptors (Lipinski definition) is 4. The lowest BCUT2D eigenvalue weighted by molar-refractivity contribution is 0.396. The molecule has 0 radical (unpaired) electrons. The van der Waals surface area contributed by atoms with Gasteiger partial charge >= 0.3 is 0 Å². The van der Waals surface area contributed by atoms with Crippen molar-refractivity contribution in [2.75, 3.05) is 18.9 Å². The van der Waals surface area contributed by atoms with Crippen molar-refractivity contribution in [3.05, 3.63) is 45.4 Å². The highest BCUT2D eigenvalue weighted by Gasteiger charge is 2.21. The molecule has 0 atom stereocenters. The Morgan fingerprint density at radius 3 is 2.08 bits per heavy atom. The number of rotatable bonds is 5. The SMILES string of the molecule is COc1cc(OC)c(NS(=O)(=O)c2cc(C)c(Cl)cc2C)cc1Cl. The molecule has 2 aromatic carbocycles. The molecule has 5 nitrogen and oxygen atoms in total. The van der Waals surface area contributed by atoms with Crippen molar-refractivity contribution >= 4 is 38.9 Å². The molecule has 0 amide bonds. The first-order valence-corrected chi connectivity index (χ1v) is 9.14. The van der Waals surface area contributed by atoms with E-state index in [4.69, 9.17) is 32.7 Å². The van der Waals surface area contributed by atoms with E-state index in [1.54, 1.807) is 19.9 Å². The third-order valence-electron chi connectivity index (χ3n) is 3.46. The number of ether oxygens (including phenoxy) is 2. The van der Waals surface area contributed by atoms with E-state index in [2.05, 4.69) is 4.72 Å². The normalized spacial score (nSPS) is 11.2. The molecule has 0 aliphatic rings.